The zero-order valence-corrected chi connectivity index (χ0v) is 17.4. The van der Waals surface area contributed by atoms with Crippen LogP contribution in [0.4, 0.5) is 11.4 Å². The third-order valence-corrected chi connectivity index (χ3v) is 6.78. The first kappa shape index (κ1) is 19.0. The molecule has 0 spiro atoms. The molecule has 1 aromatic heterocycles. The van der Waals surface area contributed by atoms with E-state index in [0.29, 0.717) is 21.6 Å². The fraction of sp³-hybridized carbons (Fsp3) is 0.421. The maximum Gasteiger partial charge on any atom is 0.271 e. The highest BCUT2D eigenvalue weighted by molar-refractivity contribution is 9.10. The quantitative estimate of drug-likeness (QED) is 0.486. The van der Waals surface area contributed by atoms with Crippen molar-refractivity contribution < 1.29 is 9.72 Å². The Hall–Kier alpha value is -1.73. The van der Waals surface area contributed by atoms with E-state index in [1.807, 2.05) is 5.38 Å². The van der Waals surface area contributed by atoms with Crippen molar-refractivity contribution >= 4 is 44.5 Å². The molecule has 138 valence electrons. The summed E-state index contributed by atoms with van der Waals surface area (Å²) in [5.41, 5.74) is 2.44. The van der Waals surface area contributed by atoms with Crippen LogP contribution in [0.3, 0.4) is 0 Å². The van der Waals surface area contributed by atoms with E-state index in [-0.39, 0.29) is 17.0 Å². The Morgan fingerprint density at radius 3 is 2.77 bits per heavy atom. The SMILES string of the molecule is CC(C)(C)C1CCc2c(C(=O)Nc3cc([N+](=O)[O-])ccc3Br)csc2C1. The Kier molecular flexibility index (Phi) is 5.21. The van der Waals surface area contributed by atoms with E-state index < -0.39 is 4.92 Å². The molecule has 0 bridgehead atoms. The summed E-state index contributed by atoms with van der Waals surface area (Å²) in [5, 5.41) is 15.7. The lowest BCUT2D eigenvalue weighted by Gasteiger charge is -2.34. The Bertz CT molecular complexity index is 870. The van der Waals surface area contributed by atoms with Crippen molar-refractivity contribution in [2.45, 2.75) is 40.0 Å². The number of halogens is 1. The highest BCUT2D eigenvalue weighted by Gasteiger charge is 2.31. The van der Waals surface area contributed by atoms with Crippen molar-refractivity contribution in [2.24, 2.45) is 11.3 Å². The zero-order valence-electron chi connectivity index (χ0n) is 15.0. The molecule has 7 heteroatoms. The summed E-state index contributed by atoms with van der Waals surface area (Å²) in [6.45, 7) is 6.80. The Balaban J connectivity index is 1.82. The number of nitro benzene ring substituents is 1. The van der Waals surface area contributed by atoms with Gasteiger partial charge >= 0.3 is 0 Å². The number of hydrogen-bond donors (Lipinski definition) is 1. The van der Waals surface area contributed by atoms with Crippen LogP contribution in [0.1, 0.15) is 48.0 Å². The van der Waals surface area contributed by atoms with Crippen molar-refractivity contribution in [2.75, 3.05) is 5.32 Å². The highest BCUT2D eigenvalue weighted by Crippen LogP contribution is 2.41. The second-order valence-electron chi connectivity index (χ2n) is 7.73. The fourth-order valence-corrected chi connectivity index (χ4v) is 4.86. The molecule has 3 rings (SSSR count). The number of rotatable bonds is 3. The Labute approximate surface area is 165 Å². The number of fused-ring (bicyclic) bond motifs is 1. The standard InChI is InChI=1S/C19H21BrN2O3S/c1-19(2,3)11-4-6-13-14(10-26-17(13)8-11)18(23)21-16-9-12(22(24)25)5-7-15(16)20/h5,7,9-11H,4,6,8H2,1-3H3,(H,21,23). The van der Waals surface area contributed by atoms with E-state index in [1.54, 1.807) is 17.4 Å². The van der Waals surface area contributed by atoms with E-state index in [4.69, 9.17) is 0 Å². The molecular formula is C19H21BrN2O3S. The molecule has 1 atom stereocenters. The molecule has 1 aromatic carbocycles. The van der Waals surface area contributed by atoms with Crippen LogP contribution in [-0.2, 0) is 12.8 Å². The fourth-order valence-electron chi connectivity index (χ4n) is 3.35. The van der Waals surface area contributed by atoms with Crippen LogP contribution in [-0.4, -0.2) is 10.8 Å². The number of thiophene rings is 1. The molecule has 2 aromatic rings. The number of non-ortho nitro benzene ring substituents is 1. The van der Waals surface area contributed by atoms with Gasteiger partial charge in [-0.3, -0.25) is 14.9 Å². The molecule has 0 saturated carbocycles. The third-order valence-electron chi connectivity index (χ3n) is 5.03. The summed E-state index contributed by atoms with van der Waals surface area (Å²) < 4.78 is 0.619. The van der Waals surface area contributed by atoms with Crippen LogP contribution in [0, 0.1) is 21.4 Å². The molecule has 1 aliphatic rings. The van der Waals surface area contributed by atoms with Crippen molar-refractivity contribution in [3.63, 3.8) is 0 Å². The molecule has 0 aliphatic heterocycles. The van der Waals surface area contributed by atoms with Crippen molar-refractivity contribution in [3.05, 3.63) is 54.2 Å². The van der Waals surface area contributed by atoms with E-state index in [2.05, 4.69) is 42.0 Å². The number of carbonyl (C=O) groups is 1. The smallest absolute Gasteiger partial charge is 0.271 e. The van der Waals surface area contributed by atoms with Gasteiger partial charge in [0.25, 0.3) is 11.6 Å². The van der Waals surface area contributed by atoms with Crippen LogP contribution in [0.5, 0.6) is 0 Å². The third kappa shape index (κ3) is 3.83. The average molecular weight is 437 g/mol. The topological polar surface area (TPSA) is 72.2 Å². The first-order valence-electron chi connectivity index (χ1n) is 8.51. The normalized spacial score (nSPS) is 16.8. The molecule has 1 amide bonds. The number of nitrogens with one attached hydrogen (secondary N) is 1. The Morgan fingerprint density at radius 2 is 2.12 bits per heavy atom. The van der Waals surface area contributed by atoms with Gasteiger partial charge in [0.05, 0.1) is 16.2 Å². The summed E-state index contributed by atoms with van der Waals surface area (Å²) >= 11 is 4.98. The van der Waals surface area contributed by atoms with Crippen molar-refractivity contribution in [1.82, 2.24) is 0 Å². The maximum atomic E-state index is 12.8. The van der Waals surface area contributed by atoms with Gasteiger partial charge in [-0.2, -0.15) is 0 Å². The molecule has 1 N–H and O–H groups in total. The molecule has 0 radical (unpaired) electrons. The molecule has 0 saturated heterocycles. The average Bonchev–Trinajstić information content (AvgIpc) is 2.99. The van der Waals surface area contributed by atoms with Crippen LogP contribution in [0.25, 0.3) is 0 Å². The van der Waals surface area contributed by atoms with Gasteiger partial charge in [0, 0.05) is 26.9 Å². The number of nitrogens with zero attached hydrogens (tertiary/aromatic N) is 1. The first-order chi connectivity index (χ1) is 12.2. The summed E-state index contributed by atoms with van der Waals surface area (Å²) in [4.78, 5) is 24.5. The van der Waals surface area contributed by atoms with Crippen molar-refractivity contribution in [3.8, 4) is 0 Å². The number of carbonyl (C=O) groups excluding carboxylic acids is 1. The summed E-state index contributed by atoms with van der Waals surface area (Å²) in [7, 11) is 0. The number of hydrogen-bond acceptors (Lipinski definition) is 4. The molecule has 5 nitrogen and oxygen atoms in total. The number of amides is 1. The van der Waals surface area contributed by atoms with E-state index in [9.17, 15) is 14.9 Å². The summed E-state index contributed by atoms with van der Waals surface area (Å²) in [6.07, 6.45) is 2.99. The molecule has 26 heavy (non-hydrogen) atoms. The summed E-state index contributed by atoms with van der Waals surface area (Å²) in [5.74, 6) is 0.411. The minimum Gasteiger partial charge on any atom is -0.321 e. The van der Waals surface area contributed by atoms with E-state index in [0.717, 1.165) is 24.8 Å². The largest absolute Gasteiger partial charge is 0.321 e. The van der Waals surface area contributed by atoms with Gasteiger partial charge in [-0.15, -0.1) is 11.3 Å². The number of benzene rings is 1. The van der Waals surface area contributed by atoms with Crippen molar-refractivity contribution in [1.29, 1.82) is 0 Å². The van der Waals surface area contributed by atoms with E-state index >= 15 is 0 Å². The lowest BCUT2D eigenvalue weighted by molar-refractivity contribution is -0.384. The van der Waals surface area contributed by atoms with Gasteiger partial charge in [0.1, 0.15) is 0 Å². The van der Waals surface area contributed by atoms with Gasteiger partial charge in [-0.05, 0) is 58.2 Å². The van der Waals surface area contributed by atoms with Gasteiger partial charge in [-0.25, -0.2) is 0 Å². The highest BCUT2D eigenvalue weighted by atomic mass is 79.9. The first-order valence-corrected chi connectivity index (χ1v) is 10.2. The molecule has 1 aliphatic carbocycles. The van der Waals surface area contributed by atoms with E-state index in [1.165, 1.54) is 17.0 Å². The van der Waals surface area contributed by atoms with Gasteiger partial charge in [0.15, 0.2) is 0 Å². The number of nitro groups is 1. The molecule has 1 unspecified atom stereocenters. The summed E-state index contributed by atoms with van der Waals surface area (Å²) in [6, 6.07) is 4.35. The second-order valence-corrected chi connectivity index (χ2v) is 9.55. The van der Waals surface area contributed by atoms with Gasteiger partial charge < -0.3 is 5.32 Å². The van der Waals surface area contributed by atoms with Crippen LogP contribution in [0.15, 0.2) is 28.1 Å². The molecule has 1 heterocycles. The Morgan fingerprint density at radius 1 is 1.38 bits per heavy atom. The second kappa shape index (κ2) is 7.12. The van der Waals surface area contributed by atoms with Gasteiger partial charge in [0.2, 0.25) is 0 Å². The minimum atomic E-state index is -0.471. The zero-order chi connectivity index (χ0) is 19.1. The van der Waals surface area contributed by atoms with Crippen LogP contribution >= 0.6 is 27.3 Å². The predicted octanol–water partition coefficient (Wildman–Crippen LogP) is 5.82. The molecule has 0 fully saturated rings. The van der Waals surface area contributed by atoms with Crippen LogP contribution in [0.2, 0.25) is 0 Å². The lowest BCUT2D eigenvalue weighted by atomic mass is 9.72. The maximum absolute atomic E-state index is 12.8. The lowest BCUT2D eigenvalue weighted by Crippen LogP contribution is -2.27. The van der Waals surface area contributed by atoms with Crippen LogP contribution < -0.4 is 5.32 Å². The predicted molar refractivity (Wildman–Crippen MR) is 108 cm³/mol. The number of anilines is 1. The molecular weight excluding hydrogens is 416 g/mol. The van der Waals surface area contributed by atoms with Gasteiger partial charge in [-0.1, -0.05) is 20.8 Å². The monoisotopic (exact) mass is 436 g/mol. The minimum absolute atomic E-state index is 0.0520.